The molecule has 2 N–H and O–H groups in total. The first-order valence-electron chi connectivity index (χ1n) is 8.00. The van der Waals surface area contributed by atoms with E-state index in [2.05, 4.69) is 15.5 Å². The van der Waals surface area contributed by atoms with E-state index >= 15 is 0 Å². The van der Waals surface area contributed by atoms with Crippen LogP contribution in [0.4, 0.5) is 0 Å². The molecule has 116 valence electrons. The van der Waals surface area contributed by atoms with Crippen LogP contribution in [0.2, 0.25) is 0 Å². The predicted molar refractivity (Wildman–Crippen MR) is 79.7 cm³/mol. The lowest BCUT2D eigenvalue weighted by atomic mass is 10.1. The molecule has 5 nitrogen and oxygen atoms in total. The van der Waals surface area contributed by atoms with Crippen molar-refractivity contribution in [2.45, 2.75) is 57.7 Å². The molecular weight excluding hydrogens is 254 g/mol. The van der Waals surface area contributed by atoms with Crippen LogP contribution in [-0.4, -0.2) is 61.8 Å². The molecule has 2 rings (SSSR count). The zero-order valence-corrected chi connectivity index (χ0v) is 12.9. The molecule has 2 unspecified atom stereocenters. The summed E-state index contributed by atoms with van der Waals surface area (Å²) >= 11 is 0. The van der Waals surface area contributed by atoms with Crippen molar-refractivity contribution in [2.75, 3.05) is 32.8 Å². The van der Waals surface area contributed by atoms with Gasteiger partial charge in [-0.25, -0.2) is 0 Å². The second-order valence-electron chi connectivity index (χ2n) is 6.28. The fourth-order valence-electron chi connectivity index (χ4n) is 3.04. The zero-order chi connectivity index (χ0) is 14.4. The molecule has 0 aromatic rings. The fraction of sp³-hybridized carbons (Fsp3) is 0.933. The highest BCUT2D eigenvalue weighted by molar-refractivity contribution is 5.77. The zero-order valence-electron chi connectivity index (χ0n) is 12.9. The van der Waals surface area contributed by atoms with E-state index in [1.165, 1.54) is 19.3 Å². The number of carbonyl (C=O) groups is 1. The van der Waals surface area contributed by atoms with Crippen LogP contribution in [0, 0.1) is 0 Å². The fourth-order valence-corrected chi connectivity index (χ4v) is 3.04. The first kappa shape index (κ1) is 15.7. The molecule has 2 atom stereocenters. The molecule has 2 aliphatic heterocycles. The van der Waals surface area contributed by atoms with E-state index in [1.54, 1.807) is 0 Å². The third kappa shape index (κ3) is 5.38. The van der Waals surface area contributed by atoms with E-state index < -0.39 is 0 Å². The molecule has 5 heteroatoms. The molecule has 0 aromatic carbocycles. The smallest absolute Gasteiger partial charge is 0.234 e. The molecule has 0 radical (unpaired) electrons. The van der Waals surface area contributed by atoms with Gasteiger partial charge < -0.3 is 15.4 Å². The Morgan fingerprint density at radius 1 is 1.35 bits per heavy atom. The Kier molecular flexibility index (Phi) is 6.26. The van der Waals surface area contributed by atoms with Crippen LogP contribution in [-0.2, 0) is 9.53 Å². The molecule has 2 saturated heterocycles. The highest BCUT2D eigenvalue weighted by atomic mass is 16.5. The number of hydrogen-bond donors (Lipinski definition) is 2. The second-order valence-corrected chi connectivity index (χ2v) is 6.28. The van der Waals surface area contributed by atoms with Crippen molar-refractivity contribution in [2.24, 2.45) is 0 Å². The summed E-state index contributed by atoms with van der Waals surface area (Å²) in [6, 6.07) is 1.27. The molecule has 0 spiro atoms. The van der Waals surface area contributed by atoms with Crippen LogP contribution in [0.25, 0.3) is 0 Å². The summed E-state index contributed by atoms with van der Waals surface area (Å²) in [7, 11) is 0. The minimum atomic E-state index is 0.146. The lowest BCUT2D eigenvalue weighted by molar-refractivity contribution is -0.122. The van der Waals surface area contributed by atoms with Crippen LogP contribution < -0.4 is 10.6 Å². The monoisotopic (exact) mass is 283 g/mol. The maximum Gasteiger partial charge on any atom is 0.234 e. The molecular formula is C15H29N3O2. The maximum absolute atomic E-state index is 11.9. The highest BCUT2D eigenvalue weighted by Crippen LogP contribution is 2.19. The summed E-state index contributed by atoms with van der Waals surface area (Å²) in [5.74, 6) is 0.146. The third-order valence-electron chi connectivity index (χ3n) is 4.07. The number of carbonyl (C=O) groups excluding carboxylic acids is 1. The lowest BCUT2D eigenvalue weighted by Crippen LogP contribution is -2.42. The van der Waals surface area contributed by atoms with Crippen LogP contribution in [0.5, 0.6) is 0 Å². The van der Waals surface area contributed by atoms with Gasteiger partial charge in [-0.1, -0.05) is 0 Å². The summed E-state index contributed by atoms with van der Waals surface area (Å²) in [6.45, 7) is 8.08. The quantitative estimate of drug-likeness (QED) is 0.677. The average molecular weight is 283 g/mol. The Balaban J connectivity index is 1.57. The molecule has 20 heavy (non-hydrogen) atoms. The first-order valence-corrected chi connectivity index (χ1v) is 8.00. The van der Waals surface area contributed by atoms with E-state index in [4.69, 9.17) is 4.74 Å². The molecule has 1 amide bonds. The van der Waals surface area contributed by atoms with Gasteiger partial charge in [0.2, 0.25) is 5.91 Å². The van der Waals surface area contributed by atoms with Crippen molar-refractivity contribution in [3.8, 4) is 0 Å². The minimum Gasteiger partial charge on any atom is -0.379 e. The van der Waals surface area contributed by atoms with Crippen LogP contribution in [0.15, 0.2) is 0 Å². The van der Waals surface area contributed by atoms with Crippen molar-refractivity contribution in [1.29, 1.82) is 0 Å². The Labute approximate surface area is 122 Å². The Bertz CT molecular complexity index is 309. The summed E-state index contributed by atoms with van der Waals surface area (Å²) in [5.41, 5.74) is 0. The van der Waals surface area contributed by atoms with Gasteiger partial charge in [0, 0.05) is 38.3 Å². The topological polar surface area (TPSA) is 53.6 Å². The number of ether oxygens (including phenoxy) is 1. The SMILES string of the molecule is CC(C)OCCCNC(=O)CN1CCC2CCC(C1)N2. The summed E-state index contributed by atoms with van der Waals surface area (Å²) < 4.78 is 5.45. The Hall–Kier alpha value is -0.650. The van der Waals surface area contributed by atoms with E-state index in [0.29, 0.717) is 25.2 Å². The van der Waals surface area contributed by atoms with Gasteiger partial charge in [0.05, 0.1) is 12.6 Å². The Morgan fingerprint density at radius 3 is 2.95 bits per heavy atom. The van der Waals surface area contributed by atoms with E-state index in [1.807, 2.05) is 13.8 Å². The number of nitrogens with one attached hydrogen (secondary N) is 2. The summed E-state index contributed by atoms with van der Waals surface area (Å²) in [4.78, 5) is 14.2. The predicted octanol–water partition coefficient (Wildman–Crippen LogP) is 0.744. The van der Waals surface area contributed by atoms with Crippen LogP contribution >= 0.6 is 0 Å². The van der Waals surface area contributed by atoms with Crippen molar-refractivity contribution < 1.29 is 9.53 Å². The Morgan fingerprint density at radius 2 is 2.15 bits per heavy atom. The number of amides is 1. The lowest BCUT2D eigenvalue weighted by Gasteiger charge is -2.23. The molecule has 0 aromatic heterocycles. The largest absolute Gasteiger partial charge is 0.379 e. The molecule has 2 fully saturated rings. The van der Waals surface area contributed by atoms with Crippen LogP contribution in [0.1, 0.15) is 39.5 Å². The molecule has 2 aliphatic rings. The van der Waals surface area contributed by atoms with Gasteiger partial charge in [0.15, 0.2) is 0 Å². The van der Waals surface area contributed by atoms with Crippen LogP contribution in [0.3, 0.4) is 0 Å². The minimum absolute atomic E-state index is 0.146. The van der Waals surface area contributed by atoms with Gasteiger partial charge in [-0.2, -0.15) is 0 Å². The number of hydrogen-bond acceptors (Lipinski definition) is 4. The number of fused-ring (bicyclic) bond motifs is 2. The summed E-state index contributed by atoms with van der Waals surface area (Å²) in [6.07, 6.45) is 4.89. The normalized spacial score (nSPS) is 26.8. The highest BCUT2D eigenvalue weighted by Gasteiger charge is 2.29. The standard InChI is InChI=1S/C15H29N3O2/c1-12(2)20-9-3-7-16-15(19)11-18-8-6-13-4-5-14(10-18)17-13/h12-14,17H,3-11H2,1-2H3,(H,16,19). The number of rotatable bonds is 7. The molecule has 2 bridgehead atoms. The van der Waals surface area contributed by atoms with Gasteiger partial charge in [0.25, 0.3) is 0 Å². The van der Waals surface area contributed by atoms with Gasteiger partial charge >= 0.3 is 0 Å². The second kappa shape index (κ2) is 7.96. The molecule has 0 saturated carbocycles. The van der Waals surface area contributed by atoms with E-state index in [9.17, 15) is 4.79 Å². The summed E-state index contributed by atoms with van der Waals surface area (Å²) in [5, 5.41) is 6.62. The average Bonchev–Trinajstić information content (AvgIpc) is 2.72. The van der Waals surface area contributed by atoms with Crippen molar-refractivity contribution >= 4 is 5.91 Å². The van der Waals surface area contributed by atoms with Gasteiger partial charge in [-0.3, -0.25) is 9.69 Å². The van der Waals surface area contributed by atoms with Gasteiger partial charge in [-0.15, -0.1) is 0 Å². The van der Waals surface area contributed by atoms with Gasteiger partial charge in [-0.05, 0) is 39.5 Å². The van der Waals surface area contributed by atoms with Crippen molar-refractivity contribution in [3.05, 3.63) is 0 Å². The van der Waals surface area contributed by atoms with Gasteiger partial charge in [0.1, 0.15) is 0 Å². The maximum atomic E-state index is 11.9. The molecule has 0 aliphatic carbocycles. The molecule has 2 heterocycles. The number of likely N-dealkylation sites (tertiary alicyclic amines) is 1. The first-order chi connectivity index (χ1) is 9.63. The van der Waals surface area contributed by atoms with Crippen molar-refractivity contribution in [1.82, 2.24) is 15.5 Å². The number of nitrogens with zero attached hydrogens (tertiary/aromatic N) is 1. The third-order valence-corrected chi connectivity index (χ3v) is 4.07. The van der Waals surface area contributed by atoms with E-state index in [-0.39, 0.29) is 12.0 Å². The van der Waals surface area contributed by atoms with Crippen molar-refractivity contribution in [3.63, 3.8) is 0 Å². The van der Waals surface area contributed by atoms with E-state index in [0.717, 1.165) is 26.1 Å².